The molecule has 0 aliphatic rings. The minimum atomic E-state index is -0.0180. The first-order valence-electron chi connectivity index (χ1n) is 6.53. The molecule has 20 heavy (non-hydrogen) atoms. The molecule has 2 rings (SSSR count). The van der Waals surface area contributed by atoms with Gasteiger partial charge in [-0.3, -0.25) is 4.79 Å². The summed E-state index contributed by atoms with van der Waals surface area (Å²) >= 11 is 0. The smallest absolute Gasteiger partial charge is 0.224 e. The lowest BCUT2D eigenvalue weighted by Gasteiger charge is -2.09. The summed E-state index contributed by atoms with van der Waals surface area (Å²) in [4.78, 5) is 11.8. The van der Waals surface area contributed by atoms with Crippen LogP contribution in [-0.4, -0.2) is 33.1 Å². The number of nitrogens with two attached hydrogens (primary N) is 1. The number of amides is 1. The van der Waals surface area contributed by atoms with Gasteiger partial charge in [0, 0.05) is 17.7 Å². The molecule has 2 aromatic rings. The van der Waals surface area contributed by atoms with E-state index in [-0.39, 0.29) is 5.91 Å². The largest absolute Gasteiger partial charge is 0.330 e. The van der Waals surface area contributed by atoms with Crippen molar-refractivity contribution in [1.82, 2.24) is 20.6 Å². The van der Waals surface area contributed by atoms with Crippen LogP contribution in [0, 0.1) is 5.92 Å². The van der Waals surface area contributed by atoms with Crippen LogP contribution < -0.4 is 11.1 Å². The molecule has 1 aromatic carbocycles. The zero-order valence-electron chi connectivity index (χ0n) is 11.3. The van der Waals surface area contributed by atoms with Crippen molar-refractivity contribution in [2.45, 2.75) is 19.8 Å². The number of benzene rings is 1. The molecular formula is C13H18N6O. The molecule has 106 valence electrons. The lowest BCUT2D eigenvalue weighted by molar-refractivity contribution is -0.116. The Morgan fingerprint density at radius 2 is 2.35 bits per heavy atom. The third kappa shape index (κ3) is 3.86. The van der Waals surface area contributed by atoms with Crippen LogP contribution in [0.2, 0.25) is 0 Å². The van der Waals surface area contributed by atoms with Crippen molar-refractivity contribution in [3.8, 4) is 11.4 Å². The van der Waals surface area contributed by atoms with Gasteiger partial charge >= 0.3 is 0 Å². The van der Waals surface area contributed by atoms with Crippen molar-refractivity contribution in [3.05, 3.63) is 24.3 Å². The molecule has 7 heteroatoms. The number of anilines is 1. The van der Waals surface area contributed by atoms with E-state index < -0.39 is 0 Å². The average molecular weight is 274 g/mol. The lowest BCUT2D eigenvalue weighted by atomic mass is 10.1. The Hall–Kier alpha value is -2.28. The molecule has 0 spiro atoms. The maximum absolute atomic E-state index is 11.8. The van der Waals surface area contributed by atoms with Gasteiger partial charge in [0.1, 0.15) is 0 Å². The summed E-state index contributed by atoms with van der Waals surface area (Å²) in [5.41, 5.74) is 7.05. The lowest BCUT2D eigenvalue weighted by Crippen LogP contribution is -2.16. The van der Waals surface area contributed by atoms with Gasteiger partial charge in [-0.1, -0.05) is 19.1 Å². The fraction of sp³-hybridized carbons (Fsp3) is 0.385. The molecule has 0 saturated heterocycles. The van der Waals surface area contributed by atoms with E-state index in [1.54, 1.807) is 0 Å². The van der Waals surface area contributed by atoms with E-state index in [0.717, 1.165) is 17.7 Å². The van der Waals surface area contributed by atoms with Crippen molar-refractivity contribution < 1.29 is 4.79 Å². The van der Waals surface area contributed by atoms with Crippen molar-refractivity contribution >= 4 is 11.6 Å². The van der Waals surface area contributed by atoms with Crippen molar-refractivity contribution in [1.29, 1.82) is 0 Å². The molecule has 7 nitrogen and oxygen atoms in total. The summed E-state index contributed by atoms with van der Waals surface area (Å²) in [6.07, 6.45) is 1.25. The van der Waals surface area contributed by atoms with Crippen molar-refractivity contribution in [2.75, 3.05) is 11.9 Å². The minimum Gasteiger partial charge on any atom is -0.330 e. The quantitative estimate of drug-likeness (QED) is 0.732. The maximum atomic E-state index is 11.8. The van der Waals surface area contributed by atoms with Crippen LogP contribution in [0.5, 0.6) is 0 Å². The highest BCUT2D eigenvalue weighted by Gasteiger charge is 2.08. The monoisotopic (exact) mass is 274 g/mol. The summed E-state index contributed by atoms with van der Waals surface area (Å²) in [5, 5.41) is 16.6. The number of rotatable bonds is 6. The van der Waals surface area contributed by atoms with Gasteiger partial charge in [-0.15, -0.1) is 10.2 Å². The molecular weight excluding hydrogens is 256 g/mol. The molecule has 0 fully saturated rings. The third-order valence-electron chi connectivity index (χ3n) is 3.02. The number of carbonyl (C=O) groups is 1. The molecule has 0 saturated carbocycles. The second-order valence-electron chi connectivity index (χ2n) is 4.74. The van der Waals surface area contributed by atoms with Crippen LogP contribution in [-0.2, 0) is 4.79 Å². The Bertz CT molecular complexity index is 554. The van der Waals surface area contributed by atoms with Gasteiger partial charge in [-0.25, -0.2) is 0 Å². The summed E-state index contributed by atoms with van der Waals surface area (Å²) < 4.78 is 0. The van der Waals surface area contributed by atoms with Crippen LogP contribution in [0.3, 0.4) is 0 Å². The summed E-state index contributed by atoms with van der Waals surface area (Å²) in [7, 11) is 0. The average Bonchev–Trinajstić information content (AvgIpc) is 2.99. The van der Waals surface area contributed by atoms with E-state index in [1.807, 2.05) is 31.2 Å². The number of carbonyl (C=O) groups excluding carboxylic acids is 1. The van der Waals surface area contributed by atoms with Crippen LogP contribution in [0.4, 0.5) is 5.69 Å². The molecule has 4 N–H and O–H groups in total. The minimum absolute atomic E-state index is 0.0180. The molecule has 0 aliphatic carbocycles. The van der Waals surface area contributed by atoms with E-state index in [1.165, 1.54) is 0 Å². The Labute approximate surface area is 117 Å². The van der Waals surface area contributed by atoms with Gasteiger partial charge in [0.15, 0.2) is 0 Å². The van der Waals surface area contributed by atoms with Gasteiger partial charge in [0.25, 0.3) is 0 Å². The van der Waals surface area contributed by atoms with E-state index >= 15 is 0 Å². The predicted octanol–water partition coefficient (Wildman–Crippen LogP) is 1.18. The molecule has 0 aliphatic heterocycles. The number of aromatic nitrogens is 4. The molecule has 1 amide bonds. The van der Waals surface area contributed by atoms with Gasteiger partial charge in [-0.05, 0) is 36.2 Å². The third-order valence-corrected chi connectivity index (χ3v) is 3.02. The molecule has 0 bridgehead atoms. The predicted molar refractivity (Wildman–Crippen MR) is 75.7 cm³/mol. The number of nitrogens with zero attached hydrogens (tertiary/aromatic N) is 3. The molecule has 1 heterocycles. The van der Waals surface area contributed by atoms with Crippen LogP contribution in [0.25, 0.3) is 11.4 Å². The molecule has 1 atom stereocenters. The SMILES string of the molecule is CC(CN)CCC(=O)Nc1cccc(-c2nn[nH]n2)c1. The van der Waals surface area contributed by atoms with Gasteiger partial charge in [0.05, 0.1) is 0 Å². The van der Waals surface area contributed by atoms with Crippen molar-refractivity contribution in [2.24, 2.45) is 11.7 Å². The first-order chi connectivity index (χ1) is 9.69. The fourth-order valence-corrected chi connectivity index (χ4v) is 1.74. The molecule has 0 radical (unpaired) electrons. The number of tetrazole rings is 1. The first-order valence-corrected chi connectivity index (χ1v) is 6.53. The standard InChI is InChI=1S/C13H18N6O/c1-9(8-14)5-6-12(20)15-11-4-2-3-10(7-11)13-16-18-19-17-13/h2-4,7,9H,5-6,8,14H2,1H3,(H,15,20)(H,16,17,18,19). The first kappa shape index (κ1) is 14.1. The summed E-state index contributed by atoms with van der Waals surface area (Å²) in [6, 6.07) is 7.34. The Morgan fingerprint density at radius 1 is 1.50 bits per heavy atom. The zero-order chi connectivity index (χ0) is 14.4. The highest BCUT2D eigenvalue weighted by molar-refractivity contribution is 5.91. The highest BCUT2D eigenvalue weighted by atomic mass is 16.1. The van der Waals surface area contributed by atoms with Gasteiger partial charge < -0.3 is 11.1 Å². The molecule has 1 unspecified atom stereocenters. The van der Waals surface area contributed by atoms with Crippen LogP contribution in [0.15, 0.2) is 24.3 Å². The number of aromatic amines is 1. The van der Waals surface area contributed by atoms with E-state index in [2.05, 4.69) is 25.9 Å². The van der Waals surface area contributed by atoms with E-state index in [4.69, 9.17) is 5.73 Å². The fourth-order valence-electron chi connectivity index (χ4n) is 1.74. The summed E-state index contributed by atoms with van der Waals surface area (Å²) in [6.45, 7) is 2.63. The Balaban J connectivity index is 1.96. The number of hydrogen-bond acceptors (Lipinski definition) is 5. The highest BCUT2D eigenvalue weighted by Crippen LogP contribution is 2.18. The Morgan fingerprint density at radius 3 is 3.05 bits per heavy atom. The van der Waals surface area contributed by atoms with E-state index in [0.29, 0.717) is 24.7 Å². The van der Waals surface area contributed by atoms with Crippen LogP contribution >= 0.6 is 0 Å². The van der Waals surface area contributed by atoms with Crippen molar-refractivity contribution in [3.63, 3.8) is 0 Å². The normalized spacial score (nSPS) is 12.1. The second kappa shape index (κ2) is 6.76. The topological polar surface area (TPSA) is 110 Å². The second-order valence-corrected chi connectivity index (χ2v) is 4.74. The number of hydrogen-bond donors (Lipinski definition) is 3. The van der Waals surface area contributed by atoms with Gasteiger partial charge in [0.2, 0.25) is 11.7 Å². The maximum Gasteiger partial charge on any atom is 0.224 e. The van der Waals surface area contributed by atoms with Gasteiger partial charge in [-0.2, -0.15) is 5.21 Å². The number of nitrogens with one attached hydrogen (secondary N) is 2. The number of H-pyrrole nitrogens is 1. The van der Waals surface area contributed by atoms with Crippen LogP contribution in [0.1, 0.15) is 19.8 Å². The zero-order valence-corrected chi connectivity index (χ0v) is 11.3. The Kier molecular flexibility index (Phi) is 4.78. The van der Waals surface area contributed by atoms with E-state index in [9.17, 15) is 4.79 Å². The molecule has 1 aromatic heterocycles. The summed E-state index contributed by atoms with van der Waals surface area (Å²) in [5.74, 6) is 0.833.